The van der Waals surface area contributed by atoms with Gasteiger partial charge in [0.05, 0.1) is 40.6 Å². The van der Waals surface area contributed by atoms with E-state index in [1.807, 2.05) is 19.1 Å². The summed E-state index contributed by atoms with van der Waals surface area (Å²) in [6.07, 6.45) is 2.65. The molecule has 2 N–H and O–H groups in total. The van der Waals surface area contributed by atoms with E-state index in [1.54, 1.807) is 17.7 Å². The quantitative estimate of drug-likeness (QED) is 0.781. The molecule has 0 bridgehead atoms. The number of aromatic nitrogens is 3. The van der Waals surface area contributed by atoms with Crippen molar-refractivity contribution in [3.8, 4) is 5.75 Å². The second kappa shape index (κ2) is 5.13. The van der Waals surface area contributed by atoms with Gasteiger partial charge in [0.25, 0.3) is 0 Å². The molecule has 0 spiro atoms. The van der Waals surface area contributed by atoms with Crippen LogP contribution in [0.3, 0.4) is 0 Å². The molecule has 0 aliphatic carbocycles. The molecular weight excluding hydrogens is 284 g/mol. The van der Waals surface area contributed by atoms with E-state index in [9.17, 15) is 0 Å². The minimum atomic E-state index is 0.244. The van der Waals surface area contributed by atoms with Gasteiger partial charge in [-0.3, -0.25) is 0 Å². The van der Waals surface area contributed by atoms with Gasteiger partial charge in [-0.15, -0.1) is 11.3 Å². The van der Waals surface area contributed by atoms with E-state index in [-0.39, 0.29) is 6.04 Å². The lowest BCUT2D eigenvalue weighted by atomic mass is 10.1. The third kappa shape index (κ3) is 2.30. The predicted octanol–water partition coefficient (Wildman–Crippen LogP) is 2.81. The second-order valence-corrected chi connectivity index (χ2v) is 6.14. The Labute approximate surface area is 126 Å². The highest BCUT2D eigenvalue weighted by atomic mass is 32.1. The zero-order chi connectivity index (χ0) is 14.2. The Morgan fingerprint density at radius 2 is 2.38 bits per heavy atom. The zero-order valence-corrected chi connectivity index (χ0v) is 12.5. The summed E-state index contributed by atoms with van der Waals surface area (Å²) >= 11 is 1.73. The number of rotatable bonds is 3. The van der Waals surface area contributed by atoms with Crippen LogP contribution in [0.5, 0.6) is 5.75 Å². The van der Waals surface area contributed by atoms with Crippen LogP contribution in [0.4, 0.5) is 0 Å². The predicted molar refractivity (Wildman–Crippen MR) is 82.7 cm³/mol. The molecule has 1 unspecified atom stereocenters. The lowest BCUT2D eigenvalue weighted by Crippen LogP contribution is -2.28. The Bertz CT molecular complexity index is 779. The summed E-state index contributed by atoms with van der Waals surface area (Å²) in [5, 5.41) is 4.64. The van der Waals surface area contributed by atoms with Crippen molar-refractivity contribution in [1.29, 1.82) is 0 Å². The molecule has 6 heteroatoms. The van der Waals surface area contributed by atoms with Crippen LogP contribution in [0.2, 0.25) is 0 Å². The molecule has 3 heterocycles. The van der Waals surface area contributed by atoms with Gasteiger partial charge in [0, 0.05) is 13.0 Å². The van der Waals surface area contributed by atoms with E-state index in [1.165, 1.54) is 10.4 Å². The minimum Gasteiger partial charge on any atom is -0.494 e. The maximum Gasteiger partial charge on any atom is 0.120 e. The van der Waals surface area contributed by atoms with Crippen LogP contribution < -0.4 is 10.1 Å². The van der Waals surface area contributed by atoms with Crippen molar-refractivity contribution in [3.05, 3.63) is 40.9 Å². The molecule has 108 valence electrons. The van der Waals surface area contributed by atoms with E-state index in [4.69, 9.17) is 9.72 Å². The Kier molecular flexibility index (Phi) is 3.12. The Morgan fingerprint density at radius 3 is 3.29 bits per heavy atom. The summed E-state index contributed by atoms with van der Waals surface area (Å²) in [4.78, 5) is 12.3. The molecule has 0 saturated heterocycles. The number of hydrogen-bond acceptors (Lipinski definition) is 5. The van der Waals surface area contributed by atoms with Gasteiger partial charge in [-0.1, -0.05) is 0 Å². The number of nitrogens with zero attached hydrogens (tertiary/aromatic N) is 2. The second-order valence-electron chi connectivity index (χ2n) is 5.08. The van der Waals surface area contributed by atoms with Crippen molar-refractivity contribution < 1.29 is 4.74 Å². The van der Waals surface area contributed by atoms with Crippen molar-refractivity contribution in [2.45, 2.75) is 25.9 Å². The lowest BCUT2D eigenvalue weighted by molar-refractivity contribution is 0.341. The monoisotopic (exact) mass is 300 g/mol. The number of benzene rings is 1. The molecule has 1 aliphatic heterocycles. The fourth-order valence-corrected chi connectivity index (χ4v) is 3.74. The van der Waals surface area contributed by atoms with Crippen molar-refractivity contribution in [1.82, 2.24) is 20.3 Å². The molecule has 0 saturated carbocycles. The van der Waals surface area contributed by atoms with E-state index >= 15 is 0 Å². The topological polar surface area (TPSA) is 62.8 Å². The number of fused-ring (bicyclic) bond motifs is 2. The van der Waals surface area contributed by atoms with E-state index in [2.05, 4.69) is 21.4 Å². The van der Waals surface area contributed by atoms with Gasteiger partial charge in [0.2, 0.25) is 0 Å². The van der Waals surface area contributed by atoms with Crippen molar-refractivity contribution in [3.63, 3.8) is 0 Å². The van der Waals surface area contributed by atoms with Crippen LogP contribution in [0.1, 0.15) is 29.4 Å². The average Bonchev–Trinajstić information content (AvgIpc) is 3.12. The molecule has 5 nitrogen and oxygen atoms in total. The molecule has 0 radical (unpaired) electrons. The summed E-state index contributed by atoms with van der Waals surface area (Å²) in [7, 11) is 0. The van der Waals surface area contributed by atoms with Crippen LogP contribution >= 0.6 is 11.3 Å². The standard InChI is InChI=1S/C15H16N4OS/c1-2-20-9-3-4-10-14(5-9)21-15(19-10)12-6-11-13(7-16-12)18-8-17-11/h3-5,8,12,16H,2,6-7H2,1H3,(H,17,18). The molecule has 2 aromatic heterocycles. The Morgan fingerprint density at radius 1 is 1.43 bits per heavy atom. The fraction of sp³-hybridized carbons (Fsp3) is 0.333. The third-order valence-corrected chi connectivity index (χ3v) is 4.85. The van der Waals surface area contributed by atoms with Gasteiger partial charge >= 0.3 is 0 Å². The number of hydrogen-bond donors (Lipinski definition) is 2. The van der Waals surface area contributed by atoms with Gasteiger partial charge in [0.1, 0.15) is 10.8 Å². The maximum absolute atomic E-state index is 5.55. The first-order chi connectivity index (χ1) is 10.3. The Balaban J connectivity index is 1.65. The van der Waals surface area contributed by atoms with Gasteiger partial charge in [0.15, 0.2) is 0 Å². The summed E-state index contributed by atoms with van der Waals surface area (Å²) in [5.74, 6) is 0.909. The first-order valence-corrected chi connectivity index (χ1v) is 7.93. The molecule has 3 aromatic rings. The van der Waals surface area contributed by atoms with E-state index in [0.717, 1.165) is 34.9 Å². The first-order valence-electron chi connectivity index (χ1n) is 7.11. The third-order valence-electron chi connectivity index (χ3n) is 3.72. The van der Waals surface area contributed by atoms with Crippen LogP contribution in [-0.4, -0.2) is 21.6 Å². The van der Waals surface area contributed by atoms with Crippen LogP contribution in [-0.2, 0) is 13.0 Å². The largest absolute Gasteiger partial charge is 0.494 e. The molecule has 4 rings (SSSR count). The average molecular weight is 300 g/mol. The number of imidazole rings is 1. The SMILES string of the molecule is CCOc1ccc2nc(C3Cc4nc[nH]c4CN3)sc2c1. The van der Waals surface area contributed by atoms with Gasteiger partial charge in [-0.25, -0.2) is 9.97 Å². The van der Waals surface area contributed by atoms with Gasteiger partial charge < -0.3 is 15.0 Å². The fourth-order valence-electron chi connectivity index (χ4n) is 2.67. The summed E-state index contributed by atoms with van der Waals surface area (Å²) < 4.78 is 6.73. The molecule has 1 aliphatic rings. The highest BCUT2D eigenvalue weighted by Gasteiger charge is 2.24. The van der Waals surface area contributed by atoms with E-state index in [0.29, 0.717) is 6.61 Å². The number of thiazole rings is 1. The van der Waals surface area contributed by atoms with Crippen LogP contribution in [0.25, 0.3) is 10.2 Å². The van der Waals surface area contributed by atoms with E-state index < -0.39 is 0 Å². The summed E-state index contributed by atoms with van der Waals surface area (Å²) in [6.45, 7) is 3.50. The molecular formula is C15H16N4OS. The molecule has 1 aromatic carbocycles. The van der Waals surface area contributed by atoms with Crippen LogP contribution in [0.15, 0.2) is 24.5 Å². The molecule has 0 fully saturated rings. The van der Waals surface area contributed by atoms with Crippen LogP contribution in [0, 0.1) is 0 Å². The highest BCUT2D eigenvalue weighted by Crippen LogP contribution is 2.32. The normalized spacial score (nSPS) is 17.9. The summed E-state index contributed by atoms with van der Waals surface area (Å²) in [6, 6.07) is 6.33. The molecule has 21 heavy (non-hydrogen) atoms. The number of aromatic amines is 1. The van der Waals surface area contributed by atoms with Gasteiger partial charge in [-0.2, -0.15) is 0 Å². The lowest BCUT2D eigenvalue weighted by Gasteiger charge is -2.20. The van der Waals surface area contributed by atoms with Crippen molar-refractivity contribution in [2.24, 2.45) is 0 Å². The van der Waals surface area contributed by atoms with Crippen molar-refractivity contribution in [2.75, 3.05) is 6.61 Å². The maximum atomic E-state index is 5.55. The number of H-pyrrole nitrogens is 1. The van der Waals surface area contributed by atoms with Crippen molar-refractivity contribution >= 4 is 21.6 Å². The Hall–Kier alpha value is -1.92. The minimum absolute atomic E-state index is 0.244. The van der Waals surface area contributed by atoms with Gasteiger partial charge in [-0.05, 0) is 25.1 Å². The molecule has 0 amide bonds. The number of nitrogens with one attached hydrogen (secondary N) is 2. The zero-order valence-electron chi connectivity index (χ0n) is 11.7. The highest BCUT2D eigenvalue weighted by molar-refractivity contribution is 7.18. The first kappa shape index (κ1) is 12.8. The summed E-state index contributed by atoms with van der Waals surface area (Å²) in [5.41, 5.74) is 3.37. The smallest absolute Gasteiger partial charge is 0.120 e. The molecule has 1 atom stereocenters. The number of ether oxygens (including phenoxy) is 1.